The van der Waals surface area contributed by atoms with Gasteiger partial charge in [0, 0.05) is 11.6 Å². The van der Waals surface area contributed by atoms with Crippen molar-refractivity contribution in [3.63, 3.8) is 0 Å². The predicted molar refractivity (Wildman–Crippen MR) is 36.8 cm³/mol. The zero-order chi connectivity index (χ0) is 8.43. The van der Waals surface area contributed by atoms with Gasteiger partial charge in [0.05, 0.1) is 0 Å². The quantitative estimate of drug-likeness (QED) is 0.355. The summed E-state index contributed by atoms with van der Waals surface area (Å²) in [6.07, 6.45) is 0. The molecular weight excluding hydrogens is 148 g/mol. The van der Waals surface area contributed by atoms with E-state index in [1.165, 1.54) is 0 Å². The minimum absolute atomic E-state index is 0.0558. The van der Waals surface area contributed by atoms with Gasteiger partial charge in [-0.2, -0.15) is 0 Å². The second-order valence-electron chi connectivity index (χ2n) is 2.03. The van der Waals surface area contributed by atoms with Gasteiger partial charge in [-0.25, -0.2) is 0 Å². The Kier molecular flexibility index (Phi) is 1.87. The number of hydrogen-bond donors (Lipinski definition) is 4. The van der Waals surface area contributed by atoms with Gasteiger partial charge in [-0.1, -0.05) is 0 Å². The summed E-state index contributed by atoms with van der Waals surface area (Å²) < 4.78 is 0. The largest absolute Gasteiger partial charge is 0.507 e. The molecular formula is C7H7O4. The van der Waals surface area contributed by atoms with Crippen LogP contribution < -0.4 is 0 Å². The van der Waals surface area contributed by atoms with Crippen LogP contribution in [-0.2, 0) is 0 Å². The Morgan fingerprint density at radius 3 is 2.00 bits per heavy atom. The maximum Gasteiger partial charge on any atom is 0.161 e. The van der Waals surface area contributed by atoms with Crippen LogP contribution in [0.15, 0.2) is 12.1 Å². The van der Waals surface area contributed by atoms with Crippen molar-refractivity contribution < 1.29 is 20.4 Å². The second-order valence-corrected chi connectivity index (χ2v) is 2.03. The maximum absolute atomic E-state index is 8.95. The first-order chi connectivity index (χ1) is 5.15. The topological polar surface area (TPSA) is 80.9 Å². The van der Waals surface area contributed by atoms with Crippen LogP contribution in [0.1, 0.15) is 5.56 Å². The van der Waals surface area contributed by atoms with E-state index in [4.69, 9.17) is 20.4 Å². The molecule has 0 amide bonds. The molecule has 0 aliphatic rings. The van der Waals surface area contributed by atoms with E-state index in [9.17, 15) is 0 Å². The van der Waals surface area contributed by atoms with E-state index in [-0.39, 0.29) is 17.1 Å². The molecule has 11 heavy (non-hydrogen) atoms. The van der Waals surface area contributed by atoms with Crippen LogP contribution in [0.2, 0.25) is 0 Å². The number of rotatable bonds is 1. The van der Waals surface area contributed by atoms with E-state index in [0.717, 1.165) is 12.1 Å². The fourth-order valence-electron chi connectivity index (χ4n) is 0.685. The molecule has 0 bridgehead atoms. The van der Waals surface area contributed by atoms with Crippen LogP contribution in [0.25, 0.3) is 0 Å². The monoisotopic (exact) mass is 155 g/mol. The van der Waals surface area contributed by atoms with Crippen molar-refractivity contribution in [3.8, 4) is 17.2 Å². The van der Waals surface area contributed by atoms with Gasteiger partial charge in [-0.05, 0) is 6.07 Å². The average molecular weight is 155 g/mol. The van der Waals surface area contributed by atoms with Crippen molar-refractivity contribution in [2.24, 2.45) is 0 Å². The van der Waals surface area contributed by atoms with E-state index in [2.05, 4.69) is 0 Å². The fraction of sp³-hybridized carbons (Fsp3) is 0. The number of phenolic OH excluding ortho intramolecular Hbond substituents is 3. The van der Waals surface area contributed by atoms with Crippen molar-refractivity contribution >= 4 is 0 Å². The number of aliphatic hydroxyl groups is 1. The molecule has 1 radical (unpaired) electrons. The molecule has 0 aliphatic heterocycles. The van der Waals surface area contributed by atoms with Gasteiger partial charge in [0.2, 0.25) is 0 Å². The molecule has 0 aromatic heterocycles. The van der Waals surface area contributed by atoms with Gasteiger partial charge in [0.15, 0.2) is 11.5 Å². The van der Waals surface area contributed by atoms with Gasteiger partial charge in [0.1, 0.15) is 12.4 Å². The Morgan fingerprint density at radius 1 is 0.909 bits per heavy atom. The van der Waals surface area contributed by atoms with E-state index < -0.39 is 5.75 Å². The Morgan fingerprint density at radius 2 is 1.45 bits per heavy atom. The van der Waals surface area contributed by atoms with Gasteiger partial charge in [-0.3, -0.25) is 0 Å². The maximum atomic E-state index is 8.95. The minimum Gasteiger partial charge on any atom is -0.507 e. The fourth-order valence-corrected chi connectivity index (χ4v) is 0.685. The van der Waals surface area contributed by atoms with E-state index in [1.807, 2.05) is 0 Å². The normalized spacial score (nSPS) is 9.91. The van der Waals surface area contributed by atoms with Crippen LogP contribution in [-0.4, -0.2) is 20.4 Å². The number of aliphatic hydroxyl groups excluding tert-OH is 1. The summed E-state index contributed by atoms with van der Waals surface area (Å²) in [4.78, 5) is 0. The van der Waals surface area contributed by atoms with Gasteiger partial charge in [-0.15, -0.1) is 0 Å². The van der Waals surface area contributed by atoms with E-state index in [1.54, 1.807) is 0 Å². The molecule has 4 N–H and O–H groups in total. The third-order valence-corrected chi connectivity index (χ3v) is 1.26. The lowest BCUT2D eigenvalue weighted by atomic mass is 10.2. The van der Waals surface area contributed by atoms with Crippen molar-refractivity contribution in [3.05, 3.63) is 24.3 Å². The third kappa shape index (κ3) is 1.35. The molecule has 1 aromatic carbocycles. The zero-order valence-electron chi connectivity index (χ0n) is 5.52. The Labute approximate surface area is 63.0 Å². The van der Waals surface area contributed by atoms with Gasteiger partial charge < -0.3 is 20.4 Å². The summed E-state index contributed by atoms with van der Waals surface area (Å²) in [5.74, 6) is -1.10. The summed E-state index contributed by atoms with van der Waals surface area (Å²) in [5, 5.41) is 35.1. The van der Waals surface area contributed by atoms with Crippen LogP contribution in [0, 0.1) is 6.61 Å². The van der Waals surface area contributed by atoms with E-state index >= 15 is 0 Å². The van der Waals surface area contributed by atoms with E-state index in [0.29, 0.717) is 6.61 Å². The molecule has 0 atom stereocenters. The smallest absolute Gasteiger partial charge is 0.161 e. The average Bonchev–Trinajstić information content (AvgIpc) is 1.97. The Hall–Kier alpha value is -1.42. The van der Waals surface area contributed by atoms with Crippen molar-refractivity contribution in [1.82, 2.24) is 0 Å². The standard InChI is InChI=1S/C7H7O4/c8-3-4-1-6(10)7(11)2-5(4)9/h1-3,8-11H. The Balaban J connectivity index is 3.21. The second kappa shape index (κ2) is 2.67. The number of benzene rings is 1. The summed E-state index contributed by atoms with van der Waals surface area (Å²) >= 11 is 0. The SMILES string of the molecule is O[CH]c1cc(O)c(O)cc1O. The van der Waals surface area contributed by atoms with Gasteiger partial charge >= 0.3 is 0 Å². The summed E-state index contributed by atoms with van der Waals surface area (Å²) in [5.41, 5.74) is 0.0558. The molecule has 0 saturated heterocycles. The minimum atomic E-state index is -0.423. The highest BCUT2D eigenvalue weighted by molar-refractivity contribution is 5.50. The van der Waals surface area contributed by atoms with Crippen LogP contribution in [0.4, 0.5) is 0 Å². The number of hydrogen-bond acceptors (Lipinski definition) is 4. The summed E-state index contributed by atoms with van der Waals surface area (Å²) in [7, 11) is 0. The molecule has 1 rings (SSSR count). The molecule has 0 fully saturated rings. The lowest BCUT2D eigenvalue weighted by Gasteiger charge is -2.02. The lowest BCUT2D eigenvalue weighted by Crippen LogP contribution is -1.81. The molecule has 0 spiro atoms. The van der Waals surface area contributed by atoms with Crippen LogP contribution in [0.3, 0.4) is 0 Å². The van der Waals surface area contributed by atoms with Crippen LogP contribution in [0.5, 0.6) is 17.2 Å². The molecule has 4 heteroatoms. The molecule has 0 saturated carbocycles. The molecule has 4 nitrogen and oxygen atoms in total. The molecule has 59 valence electrons. The van der Waals surface area contributed by atoms with Gasteiger partial charge in [0.25, 0.3) is 0 Å². The van der Waals surface area contributed by atoms with Crippen molar-refractivity contribution in [1.29, 1.82) is 0 Å². The first kappa shape index (κ1) is 7.68. The highest BCUT2D eigenvalue weighted by Gasteiger charge is 2.05. The molecule has 0 aliphatic carbocycles. The summed E-state index contributed by atoms with van der Waals surface area (Å²) in [6.45, 7) is 0.633. The van der Waals surface area contributed by atoms with Crippen molar-refractivity contribution in [2.75, 3.05) is 0 Å². The Bertz CT molecular complexity index is 269. The molecule has 0 unspecified atom stereocenters. The highest BCUT2D eigenvalue weighted by Crippen LogP contribution is 2.32. The molecule has 1 aromatic rings. The third-order valence-electron chi connectivity index (χ3n) is 1.26. The number of aromatic hydroxyl groups is 3. The first-order valence-electron chi connectivity index (χ1n) is 2.87. The number of phenols is 3. The highest BCUT2D eigenvalue weighted by atomic mass is 16.3. The van der Waals surface area contributed by atoms with Crippen LogP contribution >= 0.6 is 0 Å². The first-order valence-corrected chi connectivity index (χ1v) is 2.87. The predicted octanol–water partition coefficient (Wildman–Crippen LogP) is 0.686. The molecule has 0 heterocycles. The summed E-state index contributed by atoms with van der Waals surface area (Å²) in [6, 6.07) is 1.99. The zero-order valence-corrected chi connectivity index (χ0v) is 5.52. The lowest BCUT2D eigenvalue weighted by molar-refractivity contribution is 0.381. The van der Waals surface area contributed by atoms with Crippen molar-refractivity contribution in [2.45, 2.75) is 0 Å².